The summed E-state index contributed by atoms with van der Waals surface area (Å²) >= 11 is 0. The van der Waals surface area contributed by atoms with Gasteiger partial charge < -0.3 is 40.6 Å². The molecule has 48 heavy (non-hydrogen) atoms. The average Bonchev–Trinajstić information content (AvgIpc) is 3.85. The monoisotopic (exact) mass is 689 g/mol. The minimum absolute atomic E-state index is 0.00294. The minimum Gasteiger partial charge on any atom is -0.454 e. The smallest absolute Gasteiger partial charge is 0.406 e. The molecule has 2 saturated heterocycles. The number of imidazole rings is 1. The highest BCUT2D eigenvalue weighted by atomic mass is 31.2. The number of nitrogens with one attached hydrogen (secondary N) is 2. The van der Waals surface area contributed by atoms with E-state index in [2.05, 4.69) is 25.0 Å². The number of aromatic nitrogens is 6. The molecule has 3 unspecified atom stereocenters. The Morgan fingerprint density at radius 1 is 1.08 bits per heavy atom. The minimum atomic E-state index is -4.30. The molecule has 0 aliphatic carbocycles. The number of anilines is 2. The normalized spacial score (nSPS) is 26.3. The van der Waals surface area contributed by atoms with Crippen LogP contribution in [0.1, 0.15) is 30.9 Å². The van der Waals surface area contributed by atoms with Crippen molar-refractivity contribution < 1.29 is 42.8 Å². The molecule has 3 aliphatic rings. The zero-order valence-electron chi connectivity index (χ0n) is 25.1. The number of fused-ring (bicyclic) bond motifs is 2. The highest BCUT2D eigenvalue weighted by molar-refractivity contribution is 7.51. The highest BCUT2D eigenvalue weighted by Crippen LogP contribution is 2.50. The predicted molar refractivity (Wildman–Crippen MR) is 163 cm³/mol. The lowest BCUT2D eigenvalue weighted by Gasteiger charge is -2.26. The lowest BCUT2D eigenvalue weighted by Crippen LogP contribution is -2.32. The summed E-state index contributed by atoms with van der Waals surface area (Å²) in [6.07, 6.45) is -3.00. The van der Waals surface area contributed by atoms with Crippen molar-refractivity contribution in [1.29, 1.82) is 0 Å². The van der Waals surface area contributed by atoms with Gasteiger partial charge >= 0.3 is 13.4 Å². The molecule has 0 spiro atoms. The van der Waals surface area contributed by atoms with Gasteiger partial charge in [0.05, 0.1) is 25.6 Å². The fourth-order valence-electron chi connectivity index (χ4n) is 5.76. The van der Waals surface area contributed by atoms with Crippen LogP contribution in [0.25, 0.3) is 11.2 Å². The molecular weight excluding hydrogens is 657 g/mol. The average molecular weight is 690 g/mol. The van der Waals surface area contributed by atoms with E-state index in [9.17, 15) is 24.4 Å². The molecule has 8 N–H and O–H groups in total. The van der Waals surface area contributed by atoms with E-state index < -0.39 is 69.1 Å². The van der Waals surface area contributed by atoms with Gasteiger partial charge in [-0.3, -0.25) is 28.0 Å². The molecule has 6 heterocycles. The molecule has 4 aromatic rings. The first-order valence-corrected chi connectivity index (χ1v) is 16.4. The third kappa shape index (κ3) is 6.27. The van der Waals surface area contributed by atoms with E-state index in [-0.39, 0.29) is 49.1 Å². The molecule has 256 valence electrons. The molecule has 3 aliphatic heterocycles. The number of para-hydroxylation sites is 1. The fraction of sp³-hybridized carbons (Fsp3) is 0.444. The number of aromatic amines is 1. The molecule has 20 nitrogen and oxygen atoms in total. The van der Waals surface area contributed by atoms with Gasteiger partial charge in [-0.05, 0) is 12.1 Å². The summed E-state index contributed by atoms with van der Waals surface area (Å²) in [6, 6.07) is 6.63. The van der Waals surface area contributed by atoms with Gasteiger partial charge in [0.15, 0.2) is 22.7 Å². The molecule has 0 radical (unpaired) electrons. The maximum Gasteiger partial charge on any atom is 0.406 e. The third-order valence-electron chi connectivity index (χ3n) is 8.11. The largest absolute Gasteiger partial charge is 0.454 e. The Bertz CT molecular complexity index is 1990. The van der Waals surface area contributed by atoms with E-state index in [1.54, 1.807) is 18.2 Å². The topological polar surface area (TPSA) is 275 Å². The number of hydrogen-bond acceptors (Lipinski definition) is 16. The van der Waals surface area contributed by atoms with Crippen LogP contribution in [0.3, 0.4) is 0 Å². The van der Waals surface area contributed by atoms with E-state index in [0.717, 1.165) is 0 Å². The first-order valence-electron chi connectivity index (χ1n) is 14.8. The SMILES string of the molecule is Nc1ccn([C@H]2CC(OP(=O)(NCc3cccc4c3OCO4)OC[C@H]3O[C@@H](n4cnc5c(=O)[nH]c(N)nc54)CC3O)[C@@H](CO)O2)c(=O)n1. The molecular formula is C27H32N9O11P. The van der Waals surface area contributed by atoms with E-state index in [0.29, 0.717) is 17.1 Å². The highest BCUT2D eigenvalue weighted by Gasteiger charge is 2.44. The maximum atomic E-state index is 14.4. The summed E-state index contributed by atoms with van der Waals surface area (Å²) < 4.78 is 51.8. The number of nitrogen functional groups attached to an aromatic ring is 2. The quantitative estimate of drug-likeness (QED) is 0.108. The zero-order valence-corrected chi connectivity index (χ0v) is 26.0. The second kappa shape index (κ2) is 12.9. The zero-order chi connectivity index (χ0) is 33.6. The molecule has 0 saturated carbocycles. The second-order valence-corrected chi connectivity index (χ2v) is 13.0. The van der Waals surface area contributed by atoms with E-state index >= 15 is 0 Å². The van der Waals surface area contributed by atoms with Gasteiger partial charge in [-0.1, -0.05) is 12.1 Å². The van der Waals surface area contributed by atoms with Gasteiger partial charge in [0.25, 0.3) is 5.56 Å². The lowest BCUT2D eigenvalue weighted by atomic mass is 10.2. The number of H-pyrrole nitrogens is 1. The van der Waals surface area contributed by atoms with Crippen molar-refractivity contribution in [3.63, 3.8) is 0 Å². The Morgan fingerprint density at radius 2 is 1.90 bits per heavy atom. The number of aliphatic hydroxyl groups excluding tert-OH is 2. The Kier molecular flexibility index (Phi) is 8.64. The molecule has 0 bridgehead atoms. The molecule has 7 atom stereocenters. The van der Waals surface area contributed by atoms with Crippen LogP contribution in [-0.2, 0) is 29.6 Å². The van der Waals surface area contributed by atoms with Crippen molar-refractivity contribution in [1.82, 2.24) is 34.2 Å². The van der Waals surface area contributed by atoms with Gasteiger partial charge in [0.2, 0.25) is 12.7 Å². The van der Waals surface area contributed by atoms with Crippen molar-refractivity contribution in [2.24, 2.45) is 0 Å². The van der Waals surface area contributed by atoms with Crippen LogP contribution >= 0.6 is 7.75 Å². The molecule has 0 amide bonds. The van der Waals surface area contributed by atoms with Crippen molar-refractivity contribution in [2.45, 2.75) is 56.3 Å². The van der Waals surface area contributed by atoms with Crippen LogP contribution in [0.15, 0.2) is 46.4 Å². The number of nitrogens with two attached hydrogens (primary N) is 2. The number of benzene rings is 1. The van der Waals surface area contributed by atoms with E-state index in [1.807, 2.05) is 0 Å². The number of ether oxygens (including phenoxy) is 4. The van der Waals surface area contributed by atoms with Crippen molar-refractivity contribution in [3.05, 3.63) is 63.2 Å². The standard InChI is InChI=1S/C27H32N9O11P/c28-19-4-5-35(27(40)32-19)21-7-16(17(9-37)45-21)47-48(41,31-8-13-2-1-3-15-23(13)43-12-42-15)44-10-18-14(38)6-20(46-18)36-11-30-22-24(36)33-26(29)34-25(22)39/h1-5,11,14,16-18,20-21,37-38H,6-10,12H2,(H,31,41)(H2,28,32,40)(H3,29,33,34,39)/t14?,16?,17-,18-,20-,21-,48?/m1/s1. The molecule has 1 aromatic carbocycles. The van der Waals surface area contributed by atoms with E-state index in [1.165, 1.54) is 27.7 Å². The molecule has 7 rings (SSSR count). The number of aliphatic hydroxyl groups is 2. The number of rotatable bonds is 11. The first kappa shape index (κ1) is 32.2. The second-order valence-electron chi connectivity index (χ2n) is 11.2. The van der Waals surface area contributed by atoms with Crippen LogP contribution in [0.2, 0.25) is 0 Å². The van der Waals surface area contributed by atoms with Crippen LogP contribution < -0.4 is 37.3 Å². The van der Waals surface area contributed by atoms with Gasteiger partial charge in [0, 0.05) is 31.1 Å². The number of hydrogen-bond donors (Lipinski definition) is 6. The van der Waals surface area contributed by atoms with Gasteiger partial charge in [-0.15, -0.1) is 0 Å². The fourth-order valence-corrected chi connectivity index (χ4v) is 7.27. The Balaban J connectivity index is 1.10. The Hall–Kier alpha value is -4.40. The van der Waals surface area contributed by atoms with Gasteiger partial charge in [-0.2, -0.15) is 9.97 Å². The molecule has 3 aromatic heterocycles. The summed E-state index contributed by atoms with van der Waals surface area (Å²) in [6.45, 7) is -0.955. The maximum absolute atomic E-state index is 14.4. The van der Waals surface area contributed by atoms with Gasteiger partial charge in [0.1, 0.15) is 36.6 Å². The Morgan fingerprint density at radius 3 is 2.71 bits per heavy atom. The van der Waals surface area contributed by atoms with Crippen LogP contribution in [0.4, 0.5) is 11.8 Å². The predicted octanol–water partition coefficient (Wildman–Crippen LogP) is -0.502. The first-order chi connectivity index (χ1) is 23.1. The summed E-state index contributed by atoms with van der Waals surface area (Å²) in [5.41, 5.74) is 10.9. The summed E-state index contributed by atoms with van der Waals surface area (Å²) in [4.78, 5) is 39.0. The van der Waals surface area contributed by atoms with E-state index in [4.69, 9.17) is 39.5 Å². The van der Waals surface area contributed by atoms with Crippen molar-refractivity contribution >= 4 is 30.7 Å². The lowest BCUT2D eigenvalue weighted by molar-refractivity contribution is -0.0521. The van der Waals surface area contributed by atoms with Crippen LogP contribution in [-0.4, -0.2) is 83.7 Å². The third-order valence-corrected chi connectivity index (χ3v) is 9.69. The van der Waals surface area contributed by atoms with Gasteiger partial charge in [-0.25, -0.2) is 19.4 Å². The van der Waals surface area contributed by atoms with Crippen molar-refractivity contribution in [3.8, 4) is 11.5 Å². The van der Waals surface area contributed by atoms with Crippen LogP contribution in [0.5, 0.6) is 11.5 Å². The molecule has 21 heteroatoms. The molecule has 2 fully saturated rings. The van der Waals surface area contributed by atoms with Crippen molar-refractivity contribution in [2.75, 3.05) is 31.5 Å². The number of nitrogens with zero attached hydrogens (tertiary/aromatic N) is 5. The Labute approximate surface area is 270 Å². The summed E-state index contributed by atoms with van der Waals surface area (Å²) in [5.74, 6) is 0.884. The summed E-state index contributed by atoms with van der Waals surface area (Å²) in [7, 11) is -4.30. The summed E-state index contributed by atoms with van der Waals surface area (Å²) in [5, 5.41) is 23.8. The van der Waals surface area contributed by atoms with Crippen LogP contribution in [0, 0.1) is 0 Å².